The van der Waals surface area contributed by atoms with Gasteiger partial charge in [0, 0.05) is 19.2 Å². The zero-order valence-electron chi connectivity index (χ0n) is 10.6. The van der Waals surface area contributed by atoms with E-state index in [1.165, 1.54) is 7.11 Å². The minimum absolute atomic E-state index is 0.140. The van der Waals surface area contributed by atoms with E-state index in [1.807, 2.05) is 0 Å². The van der Waals surface area contributed by atoms with Crippen LogP contribution in [0.5, 0.6) is 0 Å². The van der Waals surface area contributed by atoms with Gasteiger partial charge in [0.1, 0.15) is 0 Å². The fourth-order valence-corrected chi connectivity index (χ4v) is 2.12. The van der Waals surface area contributed by atoms with Crippen LogP contribution in [-0.2, 0) is 14.3 Å². The molecule has 2 unspecified atom stereocenters. The van der Waals surface area contributed by atoms with Crippen LogP contribution >= 0.6 is 0 Å². The number of esters is 1. The van der Waals surface area contributed by atoms with Crippen LogP contribution in [0.25, 0.3) is 0 Å². The van der Waals surface area contributed by atoms with Crippen LogP contribution in [0.4, 0.5) is 0 Å². The first kappa shape index (κ1) is 13.5. The number of ether oxygens (including phenoxy) is 2. The Bertz CT molecular complexity index is 214. The van der Waals surface area contributed by atoms with E-state index in [1.54, 1.807) is 0 Å². The molecule has 1 fully saturated rings. The Labute approximate surface area is 97.9 Å². The Morgan fingerprint density at radius 3 is 2.88 bits per heavy atom. The van der Waals surface area contributed by atoms with Gasteiger partial charge in [0.2, 0.25) is 0 Å². The van der Waals surface area contributed by atoms with Crippen LogP contribution in [0.2, 0.25) is 0 Å². The Morgan fingerprint density at radius 2 is 2.38 bits per heavy atom. The Kier molecular flexibility index (Phi) is 5.77. The molecule has 0 spiro atoms. The number of methoxy groups -OCH3 is 1. The summed E-state index contributed by atoms with van der Waals surface area (Å²) in [5.41, 5.74) is 0. The van der Waals surface area contributed by atoms with Gasteiger partial charge in [-0.05, 0) is 26.3 Å². The molecule has 2 atom stereocenters. The summed E-state index contributed by atoms with van der Waals surface area (Å²) in [6.45, 7) is 6.93. The second-order valence-electron chi connectivity index (χ2n) is 4.35. The Balaban J connectivity index is 2.36. The van der Waals surface area contributed by atoms with E-state index in [0.717, 1.165) is 32.5 Å². The van der Waals surface area contributed by atoms with E-state index in [0.29, 0.717) is 12.5 Å². The van der Waals surface area contributed by atoms with Crippen LogP contribution in [0.1, 0.15) is 33.1 Å². The van der Waals surface area contributed by atoms with Gasteiger partial charge in [0.25, 0.3) is 0 Å². The van der Waals surface area contributed by atoms with E-state index >= 15 is 0 Å². The molecule has 0 aromatic heterocycles. The van der Waals surface area contributed by atoms with Crippen LogP contribution in [0, 0.1) is 0 Å². The number of hydrogen-bond donors (Lipinski definition) is 0. The van der Waals surface area contributed by atoms with Crippen molar-refractivity contribution >= 4 is 5.97 Å². The number of hydrogen-bond acceptors (Lipinski definition) is 4. The highest BCUT2D eigenvalue weighted by Crippen LogP contribution is 2.15. The van der Waals surface area contributed by atoms with Gasteiger partial charge < -0.3 is 9.47 Å². The van der Waals surface area contributed by atoms with Gasteiger partial charge in [-0.15, -0.1) is 0 Å². The molecular formula is C12H23NO3. The van der Waals surface area contributed by atoms with Crippen molar-refractivity contribution in [2.45, 2.75) is 45.3 Å². The predicted octanol–water partition coefficient (Wildman–Crippen LogP) is 1.44. The second kappa shape index (κ2) is 6.86. The van der Waals surface area contributed by atoms with Crippen molar-refractivity contribution in [2.24, 2.45) is 0 Å². The van der Waals surface area contributed by atoms with Crippen LogP contribution in [0.15, 0.2) is 0 Å². The summed E-state index contributed by atoms with van der Waals surface area (Å²) < 4.78 is 10.3. The van der Waals surface area contributed by atoms with Gasteiger partial charge in [0.05, 0.1) is 19.6 Å². The molecule has 1 saturated heterocycles. The number of carbonyl (C=O) groups excluding carboxylic acids is 1. The molecule has 0 aromatic rings. The number of rotatable bonds is 6. The molecule has 0 amide bonds. The topological polar surface area (TPSA) is 38.8 Å². The Hall–Kier alpha value is -0.610. The molecule has 16 heavy (non-hydrogen) atoms. The standard InChI is InChI=1S/C12H23NO3/c1-4-13(9-11-6-5-7-16-11)10(2)8-12(14)15-3/h10-11H,4-9H2,1-3H3. The number of nitrogens with zero attached hydrogens (tertiary/aromatic N) is 1. The summed E-state index contributed by atoms with van der Waals surface area (Å²) in [4.78, 5) is 13.5. The predicted molar refractivity (Wildman–Crippen MR) is 62.3 cm³/mol. The first-order valence-electron chi connectivity index (χ1n) is 6.09. The van der Waals surface area contributed by atoms with Crippen LogP contribution in [-0.4, -0.2) is 49.8 Å². The van der Waals surface area contributed by atoms with Crippen LogP contribution < -0.4 is 0 Å². The maximum atomic E-state index is 11.2. The quantitative estimate of drug-likeness (QED) is 0.646. The van der Waals surface area contributed by atoms with Gasteiger partial charge in [-0.25, -0.2) is 0 Å². The molecule has 0 aliphatic carbocycles. The monoisotopic (exact) mass is 229 g/mol. The van der Waals surface area contributed by atoms with Gasteiger partial charge >= 0.3 is 5.97 Å². The van der Waals surface area contributed by atoms with E-state index in [4.69, 9.17) is 4.74 Å². The van der Waals surface area contributed by atoms with Crippen molar-refractivity contribution < 1.29 is 14.3 Å². The third kappa shape index (κ3) is 4.10. The molecule has 0 saturated carbocycles. The maximum absolute atomic E-state index is 11.2. The molecule has 1 heterocycles. The normalized spacial score (nSPS) is 22.4. The number of carbonyl (C=O) groups is 1. The maximum Gasteiger partial charge on any atom is 0.307 e. The molecule has 4 nitrogen and oxygen atoms in total. The molecule has 1 aliphatic rings. The van der Waals surface area contributed by atoms with E-state index in [2.05, 4.69) is 23.5 Å². The molecule has 1 rings (SSSR count). The summed E-state index contributed by atoms with van der Waals surface area (Å²) in [5, 5.41) is 0. The molecule has 0 radical (unpaired) electrons. The van der Waals surface area contributed by atoms with Gasteiger partial charge in [-0.2, -0.15) is 0 Å². The summed E-state index contributed by atoms with van der Waals surface area (Å²) in [5.74, 6) is -0.140. The molecule has 1 aliphatic heterocycles. The smallest absolute Gasteiger partial charge is 0.307 e. The molecule has 0 N–H and O–H groups in total. The highest BCUT2D eigenvalue weighted by molar-refractivity contribution is 5.69. The fourth-order valence-electron chi connectivity index (χ4n) is 2.12. The second-order valence-corrected chi connectivity index (χ2v) is 4.35. The number of likely N-dealkylation sites (N-methyl/N-ethyl adjacent to an activating group) is 1. The Morgan fingerprint density at radius 1 is 1.62 bits per heavy atom. The van der Waals surface area contributed by atoms with Crippen molar-refractivity contribution in [3.05, 3.63) is 0 Å². The average molecular weight is 229 g/mol. The first-order chi connectivity index (χ1) is 7.67. The van der Waals surface area contributed by atoms with Crippen molar-refractivity contribution in [1.82, 2.24) is 4.90 Å². The SMILES string of the molecule is CCN(CC1CCCO1)C(C)CC(=O)OC. The summed E-state index contributed by atoms with van der Waals surface area (Å²) in [7, 11) is 1.44. The molecule has 0 aromatic carbocycles. The van der Waals surface area contributed by atoms with E-state index in [9.17, 15) is 4.79 Å². The third-order valence-corrected chi connectivity index (χ3v) is 3.18. The van der Waals surface area contributed by atoms with Crippen molar-refractivity contribution in [3.63, 3.8) is 0 Å². The third-order valence-electron chi connectivity index (χ3n) is 3.18. The summed E-state index contributed by atoms with van der Waals surface area (Å²) in [6, 6.07) is 0.224. The largest absolute Gasteiger partial charge is 0.469 e. The van der Waals surface area contributed by atoms with Gasteiger partial charge in [-0.1, -0.05) is 6.92 Å². The van der Waals surface area contributed by atoms with Crippen molar-refractivity contribution in [1.29, 1.82) is 0 Å². The van der Waals surface area contributed by atoms with Gasteiger partial charge in [0.15, 0.2) is 0 Å². The van der Waals surface area contributed by atoms with Gasteiger partial charge in [-0.3, -0.25) is 9.69 Å². The highest BCUT2D eigenvalue weighted by atomic mass is 16.5. The lowest BCUT2D eigenvalue weighted by atomic mass is 10.1. The summed E-state index contributed by atoms with van der Waals surface area (Å²) in [6.07, 6.45) is 3.10. The molecular weight excluding hydrogens is 206 g/mol. The lowest BCUT2D eigenvalue weighted by Gasteiger charge is -2.29. The average Bonchev–Trinajstić information content (AvgIpc) is 2.78. The zero-order chi connectivity index (χ0) is 12.0. The lowest BCUT2D eigenvalue weighted by molar-refractivity contribution is -0.142. The first-order valence-corrected chi connectivity index (χ1v) is 6.09. The molecule has 4 heteroatoms. The lowest BCUT2D eigenvalue weighted by Crippen LogP contribution is -2.40. The zero-order valence-corrected chi connectivity index (χ0v) is 10.6. The molecule has 94 valence electrons. The van der Waals surface area contributed by atoms with E-state index < -0.39 is 0 Å². The van der Waals surface area contributed by atoms with Crippen molar-refractivity contribution in [3.8, 4) is 0 Å². The summed E-state index contributed by atoms with van der Waals surface area (Å²) >= 11 is 0. The molecule has 0 bridgehead atoms. The minimum atomic E-state index is -0.140. The minimum Gasteiger partial charge on any atom is -0.469 e. The van der Waals surface area contributed by atoms with Crippen LogP contribution in [0.3, 0.4) is 0 Å². The fraction of sp³-hybridized carbons (Fsp3) is 0.917. The van der Waals surface area contributed by atoms with Crippen molar-refractivity contribution in [2.75, 3.05) is 26.8 Å². The van der Waals surface area contributed by atoms with E-state index in [-0.39, 0.29) is 12.0 Å². The highest BCUT2D eigenvalue weighted by Gasteiger charge is 2.22.